The third kappa shape index (κ3) is 1.31. The summed E-state index contributed by atoms with van der Waals surface area (Å²) < 4.78 is 1.06. The van der Waals surface area contributed by atoms with Gasteiger partial charge < -0.3 is 10.1 Å². The zero-order valence-corrected chi connectivity index (χ0v) is 9.38. The van der Waals surface area contributed by atoms with Gasteiger partial charge in [-0.1, -0.05) is 15.9 Å². The minimum absolute atomic E-state index is 0.285. The number of aromatic amines is 1. The van der Waals surface area contributed by atoms with E-state index in [1.165, 1.54) is 5.39 Å². The van der Waals surface area contributed by atoms with Gasteiger partial charge in [-0.05, 0) is 30.3 Å². The number of phenolic OH excluding ortho intramolecular Hbond substituents is 1. The van der Waals surface area contributed by atoms with Crippen LogP contribution in [0.4, 0.5) is 0 Å². The lowest BCUT2D eigenvalue weighted by Gasteiger charge is -1.93. The van der Waals surface area contributed by atoms with Crippen LogP contribution < -0.4 is 0 Å². The molecule has 2 nitrogen and oxygen atoms in total. The Morgan fingerprint density at radius 1 is 0.933 bits per heavy atom. The van der Waals surface area contributed by atoms with E-state index in [9.17, 15) is 5.11 Å². The van der Waals surface area contributed by atoms with E-state index < -0.39 is 0 Å². The van der Waals surface area contributed by atoms with Crippen molar-refractivity contribution in [2.75, 3.05) is 0 Å². The molecule has 0 unspecified atom stereocenters. The molecule has 0 bridgehead atoms. The summed E-state index contributed by atoms with van der Waals surface area (Å²) in [4.78, 5) is 3.27. The minimum atomic E-state index is 0.285. The number of rotatable bonds is 0. The molecule has 0 atom stereocenters. The smallest absolute Gasteiger partial charge is 0.117 e. The number of hydrogen-bond acceptors (Lipinski definition) is 1. The van der Waals surface area contributed by atoms with Crippen molar-refractivity contribution in [2.45, 2.75) is 0 Å². The van der Waals surface area contributed by atoms with Gasteiger partial charge in [0.25, 0.3) is 0 Å². The number of aromatic hydroxyl groups is 1. The summed E-state index contributed by atoms with van der Waals surface area (Å²) in [7, 11) is 0. The van der Waals surface area contributed by atoms with Gasteiger partial charge in [0.15, 0.2) is 0 Å². The number of fused-ring (bicyclic) bond motifs is 3. The Kier molecular flexibility index (Phi) is 1.76. The number of halogens is 1. The maximum Gasteiger partial charge on any atom is 0.117 e. The molecule has 0 saturated heterocycles. The van der Waals surface area contributed by atoms with E-state index in [4.69, 9.17) is 0 Å². The zero-order valence-electron chi connectivity index (χ0n) is 7.79. The van der Waals surface area contributed by atoms with Crippen LogP contribution in [0, 0.1) is 0 Å². The molecule has 0 aliphatic heterocycles. The number of aromatic nitrogens is 1. The predicted molar refractivity (Wildman–Crippen MR) is 65.2 cm³/mol. The van der Waals surface area contributed by atoms with Crippen LogP contribution in [0.3, 0.4) is 0 Å². The Morgan fingerprint density at radius 2 is 1.80 bits per heavy atom. The maximum absolute atomic E-state index is 9.38. The van der Waals surface area contributed by atoms with E-state index in [1.54, 1.807) is 12.1 Å². The predicted octanol–water partition coefficient (Wildman–Crippen LogP) is 3.79. The van der Waals surface area contributed by atoms with Crippen molar-refractivity contribution in [1.82, 2.24) is 4.98 Å². The fourth-order valence-electron chi connectivity index (χ4n) is 1.86. The summed E-state index contributed by atoms with van der Waals surface area (Å²) in [6.45, 7) is 0. The van der Waals surface area contributed by atoms with E-state index in [0.717, 1.165) is 20.9 Å². The van der Waals surface area contributed by atoms with Crippen molar-refractivity contribution in [1.29, 1.82) is 0 Å². The molecular formula is C12H8BrNO. The Morgan fingerprint density at radius 3 is 2.67 bits per heavy atom. The molecule has 2 N–H and O–H groups in total. The van der Waals surface area contributed by atoms with Crippen molar-refractivity contribution >= 4 is 37.7 Å². The lowest BCUT2D eigenvalue weighted by Crippen LogP contribution is -1.67. The second-order valence-electron chi connectivity index (χ2n) is 3.54. The Hall–Kier alpha value is -1.48. The van der Waals surface area contributed by atoms with Crippen LogP contribution in [0.5, 0.6) is 5.75 Å². The Balaban J connectivity index is 2.53. The highest BCUT2D eigenvalue weighted by atomic mass is 79.9. The van der Waals surface area contributed by atoms with Crippen LogP contribution in [0.2, 0.25) is 0 Å². The van der Waals surface area contributed by atoms with Crippen LogP contribution in [0.25, 0.3) is 21.8 Å². The summed E-state index contributed by atoms with van der Waals surface area (Å²) in [5, 5.41) is 11.7. The number of hydrogen-bond donors (Lipinski definition) is 2. The molecule has 0 aliphatic rings. The van der Waals surface area contributed by atoms with Gasteiger partial charge in [-0.25, -0.2) is 0 Å². The highest BCUT2D eigenvalue weighted by molar-refractivity contribution is 9.10. The van der Waals surface area contributed by atoms with Gasteiger partial charge >= 0.3 is 0 Å². The first kappa shape index (κ1) is 8.80. The molecule has 3 rings (SSSR count). The average molecular weight is 262 g/mol. The lowest BCUT2D eigenvalue weighted by atomic mass is 10.1. The topological polar surface area (TPSA) is 36.0 Å². The standard InChI is InChI=1S/C12H8BrNO/c13-7-1-4-11-10(5-7)9-3-2-8(15)6-12(9)14-11/h1-6,14-15H. The highest BCUT2D eigenvalue weighted by Crippen LogP contribution is 2.29. The van der Waals surface area contributed by atoms with Gasteiger partial charge in [0.1, 0.15) is 5.75 Å². The molecule has 0 radical (unpaired) electrons. The van der Waals surface area contributed by atoms with Gasteiger partial charge in [-0.15, -0.1) is 0 Å². The van der Waals surface area contributed by atoms with Crippen molar-refractivity contribution in [3.8, 4) is 5.75 Å². The summed E-state index contributed by atoms with van der Waals surface area (Å²) in [6.07, 6.45) is 0. The van der Waals surface area contributed by atoms with Gasteiger partial charge in [0.2, 0.25) is 0 Å². The first-order valence-corrected chi connectivity index (χ1v) is 5.43. The molecule has 0 aliphatic carbocycles. The number of nitrogens with one attached hydrogen (secondary N) is 1. The van der Waals surface area contributed by atoms with Crippen LogP contribution in [-0.2, 0) is 0 Å². The molecule has 1 aromatic heterocycles. The average Bonchev–Trinajstić information content (AvgIpc) is 2.54. The largest absolute Gasteiger partial charge is 0.508 e. The fraction of sp³-hybridized carbons (Fsp3) is 0. The van der Waals surface area contributed by atoms with E-state index >= 15 is 0 Å². The van der Waals surface area contributed by atoms with Crippen molar-refractivity contribution in [3.63, 3.8) is 0 Å². The molecule has 3 heteroatoms. The van der Waals surface area contributed by atoms with E-state index in [2.05, 4.69) is 27.0 Å². The summed E-state index contributed by atoms with van der Waals surface area (Å²) in [6, 6.07) is 11.5. The third-order valence-electron chi connectivity index (χ3n) is 2.54. The van der Waals surface area contributed by atoms with Crippen LogP contribution >= 0.6 is 15.9 Å². The highest BCUT2D eigenvalue weighted by Gasteiger charge is 2.04. The normalized spacial score (nSPS) is 11.3. The molecule has 0 saturated carbocycles. The summed E-state index contributed by atoms with van der Waals surface area (Å²) >= 11 is 3.45. The first-order chi connectivity index (χ1) is 7.24. The van der Waals surface area contributed by atoms with Gasteiger partial charge in [-0.3, -0.25) is 0 Å². The SMILES string of the molecule is Oc1ccc2c(c1)[nH]c1ccc(Br)cc12. The Bertz CT molecular complexity index is 657. The molecule has 15 heavy (non-hydrogen) atoms. The second-order valence-corrected chi connectivity index (χ2v) is 4.46. The van der Waals surface area contributed by atoms with E-state index in [1.807, 2.05) is 18.2 Å². The first-order valence-electron chi connectivity index (χ1n) is 4.64. The molecule has 2 aromatic carbocycles. The van der Waals surface area contributed by atoms with Crippen LogP contribution in [0.15, 0.2) is 40.9 Å². The molecule has 0 fully saturated rings. The third-order valence-corrected chi connectivity index (χ3v) is 3.04. The van der Waals surface area contributed by atoms with E-state index in [-0.39, 0.29) is 5.75 Å². The molecule has 0 spiro atoms. The van der Waals surface area contributed by atoms with Crippen molar-refractivity contribution in [2.24, 2.45) is 0 Å². The van der Waals surface area contributed by atoms with Crippen LogP contribution in [0.1, 0.15) is 0 Å². The summed E-state index contributed by atoms with van der Waals surface area (Å²) in [5.41, 5.74) is 2.04. The van der Waals surface area contributed by atoms with Crippen LogP contribution in [-0.4, -0.2) is 10.1 Å². The molecular weight excluding hydrogens is 254 g/mol. The maximum atomic E-state index is 9.38. The molecule has 0 amide bonds. The molecule has 3 aromatic rings. The molecule has 74 valence electrons. The minimum Gasteiger partial charge on any atom is -0.508 e. The monoisotopic (exact) mass is 261 g/mol. The van der Waals surface area contributed by atoms with Gasteiger partial charge in [-0.2, -0.15) is 0 Å². The second kappa shape index (κ2) is 3.00. The van der Waals surface area contributed by atoms with Gasteiger partial charge in [0.05, 0.1) is 5.52 Å². The Labute approximate surface area is 94.7 Å². The number of phenols is 1. The quantitative estimate of drug-likeness (QED) is 0.635. The molecule has 1 heterocycles. The van der Waals surface area contributed by atoms with E-state index in [0.29, 0.717) is 0 Å². The number of benzene rings is 2. The fourth-order valence-corrected chi connectivity index (χ4v) is 2.23. The number of H-pyrrole nitrogens is 1. The van der Waals surface area contributed by atoms with Crippen molar-refractivity contribution in [3.05, 3.63) is 40.9 Å². The summed E-state index contributed by atoms with van der Waals surface area (Å²) in [5.74, 6) is 0.285. The zero-order chi connectivity index (χ0) is 10.4. The van der Waals surface area contributed by atoms with Crippen molar-refractivity contribution < 1.29 is 5.11 Å². The van der Waals surface area contributed by atoms with Gasteiger partial charge in [0, 0.05) is 26.8 Å². The lowest BCUT2D eigenvalue weighted by molar-refractivity contribution is 0.476.